The smallest absolute Gasteiger partial charge is 0.236 e. The molecule has 0 bridgehead atoms. The van der Waals surface area contributed by atoms with Gasteiger partial charge in [0, 0.05) is 43.3 Å². The molecule has 2 aromatic rings. The van der Waals surface area contributed by atoms with Gasteiger partial charge in [0.2, 0.25) is 5.91 Å². The molecule has 0 radical (unpaired) electrons. The van der Waals surface area contributed by atoms with Gasteiger partial charge < -0.3 is 14.5 Å². The SMILES string of the molecule is CC(=O)c1ccc(N2CCN(C(=O)CN(C)CCOc3ccc(Cl)cc3)CC2)c(F)c1. The number of piperazine rings is 1. The molecule has 1 fully saturated rings. The monoisotopic (exact) mass is 447 g/mol. The molecule has 1 saturated heterocycles. The van der Waals surface area contributed by atoms with Crippen LogP contribution in [0.25, 0.3) is 0 Å². The second-order valence-corrected chi connectivity index (χ2v) is 8.07. The maximum absolute atomic E-state index is 14.4. The standard InChI is InChI=1S/C23H27ClFN3O3/c1-17(29)18-3-8-22(21(25)15-18)27-9-11-28(12-10-27)23(30)16-26(2)13-14-31-20-6-4-19(24)5-7-20/h3-8,15H,9-14,16H2,1-2H3. The lowest BCUT2D eigenvalue weighted by Gasteiger charge is -2.37. The van der Waals surface area contributed by atoms with E-state index in [0.717, 1.165) is 5.75 Å². The van der Waals surface area contributed by atoms with Crippen LogP contribution < -0.4 is 9.64 Å². The van der Waals surface area contributed by atoms with Gasteiger partial charge >= 0.3 is 0 Å². The van der Waals surface area contributed by atoms with Crippen LogP contribution >= 0.6 is 11.6 Å². The Balaban J connectivity index is 1.42. The summed E-state index contributed by atoms with van der Waals surface area (Å²) in [6, 6.07) is 11.7. The van der Waals surface area contributed by atoms with Gasteiger partial charge in [0.1, 0.15) is 18.2 Å². The van der Waals surface area contributed by atoms with E-state index in [4.69, 9.17) is 16.3 Å². The topological polar surface area (TPSA) is 53.1 Å². The maximum atomic E-state index is 14.4. The number of hydrogen-bond donors (Lipinski definition) is 0. The number of carbonyl (C=O) groups is 2. The molecule has 6 nitrogen and oxygen atoms in total. The van der Waals surface area contributed by atoms with Crippen LogP contribution in [0, 0.1) is 5.82 Å². The van der Waals surface area contributed by atoms with E-state index in [1.807, 2.05) is 29.0 Å². The predicted molar refractivity (Wildman–Crippen MR) is 120 cm³/mol. The summed E-state index contributed by atoms with van der Waals surface area (Å²) in [6.45, 7) is 4.95. The van der Waals surface area contributed by atoms with Crippen molar-refractivity contribution in [1.29, 1.82) is 0 Å². The van der Waals surface area contributed by atoms with Crippen LogP contribution in [0.1, 0.15) is 17.3 Å². The fraction of sp³-hybridized carbons (Fsp3) is 0.391. The number of ketones is 1. The van der Waals surface area contributed by atoms with Crippen LogP contribution in [0.3, 0.4) is 0 Å². The zero-order valence-corrected chi connectivity index (χ0v) is 18.6. The van der Waals surface area contributed by atoms with Gasteiger partial charge in [-0.25, -0.2) is 4.39 Å². The van der Waals surface area contributed by atoms with Crippen LogP contribution in [0.15, 0.2) is 42.5 Å². The number of Topliss-reactive ketones (excluding diaryl/α,β-unsaturated/α-hetero) is 1. The van der Waals surface area contributed by atoms with Crippen LogP contribution in [0.4, 0.5) is 10.1 Å². The molecule has 3 rings (SSSR count). The van der Waals surface area contributed by atoms with E-state index >= 15 is 0 Å². The van der Waals surface area contributed by atoms with Gasteiger partial charge in [-0.3, -0.25) is 14.5 Å². The largest absolute Gasteiger partial charge is 0.492 e. The molecule has 31 heavy (non-hydrogen) atoms. The number of hydrogen-bond acceptors (Lipinski definition) is 5. The summed E-state index contributed by atoms with van der Waals surface area (Å²) in [5, 5.41) is 0.658. The van der Waals surface area contributed by atoms with E-state index in [0.29, 0.717) is 62.1 Å². The fourth-order valence-corrected chi connectivity index (χ4v) is 3.57. The Morgan fingerprint density at radius 1 is 1.10 bits per heavy atom. The van der Waals surface area contributed by atoms with Gasteiger partial charge in [0.15, 0.2) is 5.78 Å². The predicted octanol–water partition coefficient (Wildman–Crippen LogP) is 3.34. The molecule has 0 aromatic heterocycles. The van der Waals surface area contributed by atoms with Crippen molar-refractivity contribution in [3.8, 4) is 5.75 Å². The number of carbonyl (C=O) groups excluding carboxylic acids is 2. The number of benzene rings is 2. The summed E-state index contributed by atoms with van der Waals surface area (Å²) in [6.07, 6.45) is 0. The first-order chi connectivity index (χ1) is 14.8. The Morgan fingerprint density at radius 3 is 2.39 bits per heavy atom. The van der Waals surface area contributed by atoms with E-state index in [1.54, 1.807) is 29.2 Å². The zero-order valence-electron chi connectivity index (χ0n) is 17.8. The van der Waals surface area contributed by atoms with Crippen LogP contribution in [0.5, 0.6) is 5.75 Å². The summed E-state index contributed by atoms with van der Waals surface area (Å²) in [5.74, 6) is 0.210. The Bertz CT molecular complexity index is 915. The number of halogens is 2. The third kappa shape index (κ3) is 6.42. The van der Waals surface area contributed by atoms with Gasteiger partial charge in [-0.2, -0.15) is 0 Å². The molecule has 1 aliphatic rings. The van der Waals surface area contributed by atoms with Gasteiger partial charge in [-0.15, -0.1) is 0 Å². The molecule has 0 saturated carbocycles. The zero-order chi connectivity index (χ0) is 22.4. The Kier molecular flexibility index (Phi) is 7.87. The highest BCUT2D eigenvalue weighted by Gasteiger charge is 2.23. The normalized spacial score (nSPS) is 14.1. The molecular formula is C23H27ClFN3O3. The second kappa shape index (κ2) is 10.6. The van der Waals surface area contributed by atoms with Crippen molar-refractivity contribution in [3.63, 3.8) is 0 Å². The van der Waals surface area contributed by atoms with Crippen LogP contribution in [-0.2, 0) is 4.79 Å². The number of nitrogens with zero attached hydrogens (tertiary/aromatic N) is 3. The number of likely N-dealkylation sites (N-methyl/N-ethyl adjacent to an activating group) is 1. The highest BCUT2D eigenvalue weighted by Crippen LogP contribution is 2.22. The molecule has 0 atom stereocenters. The number of amides is 1. The number of anilines is 1. The van der Waals surface area contributed by atoms with Gasteiger partial charge in [-0.05, 0) is 56.4 Å². The third-order valence-electron chi connectivity index (χ3n) is 5.29. The minimum absolute atomic E-state index is 0.0426. The van der Waals surface area contributed by atoms with Gasteiger partial charge in [0.25, 0.3) is 0 Å². The Hall–Kier alpha value is -2.64. The van der Waals surface area contributed by atoms with Crippen molar-refractivity contribution in [2.24, 2.45) is 0 Å². The summed E-state index contributed by atoms with van der Waals surface area (Å²) in [5.41, 5.74) is 0.826. The number of rotatable bonds is 8. The van der Waals surface area contributed by atoms with Gasteiger partial charge in [-0.1, -0.05) is 11.6 Å². The lowest BCUT2D eigenvalue weighted by molar-refractivity contribution is -0.132. The fourth-order valence-electron chi connectivity index (χ4n) is 3.44. The highest BCUT2D eigenvalue weighted by molar-refractivity contribution is 6.30. The minimum atomic E-state index is -0.409. The molecule has 1 amide bonds. The molecule has 1 aliphatic heterocycles. The lowest BCUT2D eigenvalue weighted by Crippen LogP contribution is -2.51. The molecule has 166 valence electrons. The first-order valence-corrected chi connectivity index (χ1v) is 10.6. The van der Waals surface area contributed by atoms with Crippen molar-refractivity contribution in [2.45, 2.75) is 6.92 Å². The van der Waals surface area contributed by atoms with E-state index in [-0.39, 0.29) is 11.7 Å². The molecule has 0 aliphatic carbocycles. The number of ether oxygens (including phenoxy) is 1. The van der Waals surface area contributed by atoms with Gasteiger partial charge in [0.05, 0.1) is 12.2 Å². The summed E-state index contributed by atoms with van der Waals surface area (Å²) in [4.78, 5) is 29.6. The first-order valence-electron chi connectivity index (χ1n) is 10.2. The molecule has 1 heterocycles. The average Bonchev–Trinajstić information content (AvgIpc) is 2.75. The first kappa shape index (κ1) is 23.0. The minimum Gasteiger partial charge on any atom is -0.492 e. The van der Waals surface area contributed by atoms with E-state index in [1.165, 1.54) is 13.0 Å². The molecule has 2 aromatic carbocycles. The summed E-state index contributed by atoms with van der Waals surface area (Å²) >= 11 is 5.86. The third-order valence-corrected chi connectivity index (χ3v) is 5.54. The lowest BCUT2D eigenvalue weighted by atomic mass is 10.1. The average molecular weight is 448 g/mol. The Labute approximate surface area is 187 Å². The Morgan fingerprint density at radius 2 is 1.77 bits per heavy atom. The molecular weight excluding hydrogens is 421 g/mol. The molecule has 0 N–H and O–H groups in total. The van der Waals surface area contributed by atoms with Crippen LogP contribution in [-0.4, -0.2) is 74.4 Å². The van der Waals surface area contributed by atoms with E-state index < -0.39 is 5.82 Å². The van der Waals surface area contributed by atoms with E-state index in [2.05, 4.69) is 0 Å². The molecule has 0 spiro atoms. The van der Waals surface area contributed by atoms with E-state index in [9.17, 15) is 14.0 Å². The summed E-state index contributed by atoms with van der Waals surface area (Å²) in [7, 11) is 1.88. The van der Waals surface area contributed by atoms with Crippen LogP contribution in [0.2, 0.25) is 5.02 Å². The second-order valence-electron chi connectivity index (χ2n) is 7.63. The van der Waals surface area contributed by atoms with Crippen molar-refractivity contribution >= 4 is 29.0 Å². The quantitative estimate of drug-likeness (QED) is 0.581. The maximum Gasteiger partial charge on any atom is 0.236 e. The molecule has 8 heteroatoms. The summed E-state index contributed by atoms with van der Waals surface area (Å²) < 4.78 is 20.1. The molecule has 0 unspecified atom stereocenters. The van der Waals surface area contributed by atoms with Crippen molar-refractivity contribution in [1.82, 2.24) is 9.80 Å². The van der Waals surface area contributed by atoms with Crippen molar-refractivity contribution in [3.05, 3.63) is 58.9 Å². The van der Waals surface area contributed by atoms with Crippen molar-refractivity contribution in [2.75, 3.05) is 57.8 Å². The highest BCUT2D eigenvalue weighted by atomic mass is 35.5. The van der Waals surface area contributed by atoms with Crippen molar-refractivity contribution < 1.29 is 18.7 Å².